The predicted octanol–water partition coefficient (Wildman–Crippen LogP) is 4.94. The molecule has 26 heavy (non-hydrogen) atoms. The number of nitrogens with zero attached hydrogens (tertiary/aromatic N) is 1. The van der Waals surface area contributed by atoms with Gasteiger partial charge >= 0.3 is 0 Å². The minimum atomic E-state index is -0.332. The van der Waals surface area contributed by atoms with Crippen LogP contribution < -0.4 is 10.1 Å². The summed E-state index contributed by atoms with van der Waals surface area (Å²) in [6, 6.07) is 13.2. The van der Waals surface area contributed by atoms with Crippen molar-refractivity contribution < 1.29 is 14.1 Å². The zero-order valence-electron chi connectivity index (χ0n) is 14.8. The summed E-state index contributed by atoms with van der Waals surface area (Å²) in [6.07, 6.45) is 0. The summed E-state index contributed by atoms with van der Waals surface area (Å²) >= 11 is 6.13. The summed E-state index contributed by atoms with van der Waals surface area (Å²) < 4.78 is 10.7. The molecule has 5 nitrogen and oxygen atoms in total. The Labute approximate surface area is 156 Å². The number of carbonyl (C=O) groups is 1. The first-order chi connectivity index (χ1) is 12.4. The van der Waals surface area contributed by atoms with E-state index in [4.69, 9.17) is 20.9 Å². The molecule has 0 unspecified atom stereocenters. The summed E-state index contributed by atoms with van der Waals surface area (Å²) in [6.45, 7) is 5.66. The van der Waals surface area contributed by atoms with Crippen molar-refractivity contribution in [3.63, 3.8) is 0 Å². The number of aromatic nitrogens is 1. The molecule has 1 heterocycles. The molecule has 0 saturated heterocycles. The van der Waals surface area contributed by atoms with E-state index < -0.39 is 0 Å². The molecule has 1 amide bonds. The zero-order chi connectivity index (χ0) is 18.7. The van der Waals surface area contributed by atoms with E-state index in [-0.39, 0.29) is 18.4 Å². The SMILES string of the molecule is Cc1ccc(-c2cc(NC(=O)COc3cc(C)c(Cl)c(C)c3)on2)cc1. The summed E-state index contributed by atoms with van der Waals surface area (Å²) in [4.78, 5) is 12.1. The van der Waals surface area contributed by atoms with Crippen LogP contribution in [0.15, 0.2) is 47.0 Å². The van der Waals surface area contributed by atoms with Crippen LogP contribution in [0.1, 0.15) is 16.7 Å². The number of anilines is 1. The summed E-state index contributed by atoms with van der Waals surface area (Å²) in [7, 11) is 0. The third kappa shape index (κ3) is 4.24. The fourth-order valence-electron chi connectivity index (χ4n) is 2.51. The first-order valence-electron chi connectivity index (χ1n) is 8.15. The molecule has 134 valence electrons. The lowest BCUT2D eigenvalue weighted by molar-refractivity contribution is -0.118. The Morgan fingerprint density at radius 1 is 1.12 bits per heavy atom. The minimum absolute atomic E-state index is 0.138. The number of aryl methyl sites for hydroxylation is 3. The first kappa shape index (κ1) is 18.0. The van der Waals surface area contributed by atoms with Crippen LogP contribution in [0.4, 0.5) is 5.88 Å². The molecule has 0 aliphatic rings. The van der Waals surface area contributed by atoms with E-state index >= 15 is 0 Å². The maximum Gasteiger partial charge on any atom is 0.264 e. The van der Waals surface area contributed by atoms with Crippen molar-refractivity contribution in [2.24, 2.45) is 0 Å². The maximum atomic E-state index is 12.1. The van der Waals surface area contributed by atoms with Crippen LogP contribution in [0, 0.1) is 20.8 Å². The molecule has 0 fully saturated rings. The van der Waals surface area contributed by atoms with Gasteiger partial charge in [-0.3, -0.25) is 10.1 Å². The lowest BCUT2D eigenvalue weighted by atomic mass is 10.1. The standard InChI is InChI=1S/C20H19ClN2O3/c1-12-4-6-15(7-5-12)17-10-19(26-23-17)22-18(24)11-25-16-8-13(2)20(21)14(3)9-16/h4-10H,11H2,1-3H3,(H,22,24). The van der Waals surface area contributed by atoms with Gasteiger partial charge in [-0.1, -0.05) is 46.6 Å². The van der Waals surface area contributed by atoms with E-state index in [0.717, 1.165) is 22.3 Å². The lowest BCUT2D eigenvalue weighted by Crippen LogP contribution is -2.19. The Morgan fingerprint density at radius 2 is 1.77 bits per heavy atom. The number of hydrogen-bond donors (Lipinski definition) is 1. The number of carbonyl (C=O) groups excluding carboxylic acids is 1. The third-order valence-electron chi connectivity index (χ3n) is 3.90. The van der Waals surface area contributed by atoms with E-state index in [1.54, 1.807) is 18.2 Å². The molecule has 0 bridgehead atoms. The molecule has 0 spiro atoms. The van der Waals surface area contributed by atoms with E-state index in [1.165, 1.54) is 0 Å². The van der Waals surface area contributed by atoms with E-state index in [9.17, 15) is 4.79 Å². The molecule has 0 saturated carbocycles. The highest BCUT2D eigenvalue weighted by Gasteiger charge is 2.11. The quantitative estimate of drug-likeness (QED) is 0.691. The Morgan fingerprint density at radius 3 is 2.42 bits per heavy atom. The van der Waals surface area contributed by atoms with Crippen LogP contribution >= 0.6 is 11.6 Å². The van der Waals surface area contributed by atoms with E-state index in [1.807, 2.05) is 45.0 Å². The number of rotatable bonds is 5. The average molecular weight is 371 g/mol. The van der Waals surface area contributed by atoms with Crippen molar-refractivity contribution in [1.29, 1.82) is 0 Å². The molecule has 0 aliphatic heterocycles. The van der Waals surface area contributed by atoms with Crippen molar-refractivity contribution in [2.75, 3.05) is 11.9 Å². The normalized spacial score (nSPS) is 10.6. The van der Waals surface area contributed by atoms with Crippen molar-refractivity contribution >= 4 is 23.4 Å². The molecule has 1 N–H and O–H groups in total. The van der Waals surface area contributed by atoms with Gasteiger partial charge in [0.05, 0.1) is 0 Å². The van der Waals surface area contributed by atoms with Gasteiger partial charge in [0.1, 0.15) is 11.4 Å². The number of amides is 1. The van der Waals surface area contributed by atoms with Crippen LogP contribution in [-0.2, 0) is 4.79 Å². The van der Waals surface area contributed by atoms with Crippen LogP contribution in [-0.4, -0.2) is 17.7 Å². The molecular weight excluding hydrogens is 352 g/mol. The van der Waals surface area contributed by atoms with Gasteiger partial charge in [-0.05, 0) is 44.0 Å². The lowest BCUT2D eigenvalue weighted by Gasteiger charge is -2.09. The number of nitrogens with one attached hydrogen (secondary N) is 1. The molecule has 1 aromatic heterocycles. The number of hydrogen-bond acceptors (Lipinski definition) is 4. The van der Waals surface area contributed by atoms with Crippen molar-refractivity contribution in [1.82, 2.24) is 5.16 Å². The van der Waals surface area contributed by atoms with Crippen molar-refractivity contribution in [3.05, 3.63) is 64.2 Å². The fraction of sp³-hybridized carbons (Fsp3) is 0.200. The third-order valence-corrected chi connectivity index (χ3v) is 4.50. The Kier molecular flexibility index (Phi) is 5.28. The molecule has 0 aliphatic carbocycles. The Bertz CT molecular complexity index is 909. The summed E-state index contributed by atoms with van der Waals surface area (Å²) in [5.41, 5.74) is 4.55. The smallest absolute Gasteiger partial charge is 0.264 e. The van der Waals surface area contributed by atoms with Crippen molar-refractivity contribution in [3.8, 4) is 17.0 Å². The van der Waals surface area contributed by atoms with Gasteiger partial charge in [0.15, 0.2) is 6.61 Å². The molecule has 3 rings (SSSR count). The highest BCUT2D eigenvalue weighted by Crippen LogP contribution is 2.26. The van der Waals surface area contributed by atoms with Crippen LogP contribution in [0.5, 0.6) is 5.75 Å². The first-order valence-corrected chi connectivity index (χ1v) is 8.53. The monoisotopic (exact) mass is 370 g/mol. The average Bonchev–Trinajstić information content (AvgIpc) is 3.06. The van der Waals surface area contributed by atoms with Crippen LogP contribution in [0.3, 0.4) is 0 Å². The molecular formula is C20H19ClN2O3. The summed E-state index contributed by atoms with van der Waals surface area (Å²) in [5.74, 6) is 0.539. The molecule has 3 aromatic rings. The topological polar surface area (TPSA) is 64.4 Å². The number of benzene rings is 2. The second-order valence-electron chi connectivity index (χ2n) is 6.15. The number of ether oxygens (including phenoxy) is 1. The highest BCUT2D eigenvalue weighted by atomic mass is 35.5. The van der Waals surface area contributed by atoms with Gasteiger partial charge in [-0.2, -0.15) is 0 Å². The van der Waals surface area contributed by atoms with Gasteiger partial charge in [0, 0.05) is 16.7 Å². The molecule has 0 radical (unpaired) electrons. The van der Waals surface area contributed by atoms with E-state index in [0.29, 0.717) is 16.5 Å². The molecule has 6 heteroatoms. The Hall–Kier alpha value is -2.79. The molecule has 2 aromatic carbocycles. The van der Waals surface area contributed by atoms with Crippen LogP contribution in [0.25, 0.3) is 11.3 Å². The van der Waals surface area contributed by atoms with E-state index in [2.05, 4.69) is 10.5 Å². The zero-order valence-corrected chi connectivity index (χ0v) is 15.6. The van der Waals surface area contributed by atoms with Gasteiger partial charge in [-0.25, -0.2) is 0 Å². The minimum Gasteiger partial charge on any atom is -0.484 e. The van der Waals surface area contributed by atoms with Crippen molar-refractivity contribution in [2.45, 2.75) is 20.8 Å². The maximum absolute atomic E-state index is 12.1. The number of halogens is 1. The summed E-state index contributed by atoms with van der Waals surface area (Å²) in [5, 5.41) is 7.31. The largest absolute Gasteiger partial charge is 0.484 e. The van der Waals surface area contributed by atoms with Gasteiger partial charge in [-0.15, -0.1) is 0 Å². The predicted molar refractivity (Wildman–Crippen MR) is 102 cm³/mol. The second-order valence-corrected chi connectivity index (χ2v) is 6.53. The molecule has 0 atom stereocenters. The van der Waals surface area contributed by atoms with Crippen LogP contribution in [0.2, 0.25) is 5.02 Å². The highest BCUT2D eigenvalue weighted by molar-refractivity contribution is 6.32. The van der Waals surface area contributed by atoms with Gasteiger partial charge in [0.25, 0.3) is 5.91 Å². The Balaban J connectivity index is 1.59. The fourth-order valence-corrected chi connectivity index (χ4v) is 2.62. The van der Waals surface area contributed by atoms with Gasteiger partial charge < -0.3 is 9.26 Å². The second kappa shape index (κ2) is 7.62. The van der Waals surface area contributed by atoms with Gasteiger partial charge in [0.2, 0.25) is 5.88 Å².